The number of aliphatic carboxylic acids is 2. The lowest BCUT2D eigenvalue weighted by molar-refractivity contribution is -0.136. The van der Waals surface area contributed by atoms with Crippen LogP contribution in [0.25, 0.3) is 0 Å². The molecule has 0 spiro atoms. The van der Waals surface area contributed by atoms with E-state index >= 15 is 0 Å². The molecule has 0 radical (unpaired) electrons. The van der Waals surface area contributed by atoms with E-state index in [1.54, 1.807) is 6.92 Å². The summed E-state index contributed by atoms with van der Waals surface area (Å²) in [5.74, 6) is -2.37. The molecule has 20 heavy (non-hydrogen) atoms. The highest BCUT2D eigenvalue weighted by atomic mass is 16.5. The molecule has 0 saturated carbocycles. The second-order valence-electron chi connectivity index (χ2n) is 3.20. The standard InChI is InChI=1S/C5H8O3.C5H8O2.C3H4O2/c1-4(2-3-6)5(7)8;1-4(2)5(6)7-3;1-2-3(4)5/h6H,1-3H2,(H,7,8);1H2,2-3H3;2H,1H2,(H,4,5). The number of carboxylic acid groups (broad SMARTS) is 2. The van der Waals surface area contributed by atoms with E-state index in [0.717, 1.165) is 6.08 Å². The molecule has 0 rings (SSSR count). The zero-order valence-electron chi connectivity index (χ0n) is 11.6. The Bertz CT molecular complexity index is 369. The van der Waals surface area contributed by atoms with Crippen molar-refractivity contribution in [3.8, 4) is 0 Å². The molecule has 3 N–H and O–H groups in total. The molecule has 7 heteroatoms. The van der Waals surface area contributed by atoms with Gasteiger partial charge in [-0.1, -0.05) is 19.7 Å². The number of ether oxygens (including phenoxy) is 1. The quantitative estimate of drug-likeness (QED) is 0.509. The van der Waals surface area contributed by atoms with Crippen molar-refractivity contribution in [2.24, 2.45) is 0 Å². The van der Waals surface area contributed by atoms with Crippen LogP contribution < -0.4 is 0 Å². The summed E-state index contributed by atoms with van der Waals surface area (Å²) in [5, 5.41) is 23.9. The average molecular weight is 288 g/mol. The molecular formula is C13H20O7. The predicted molar refractivity (Wildman–Crippen MR) is 73.1 cm³/mol. The van der Waals surface area contributed by atoms with Crippen LogP contribution in [0.2, 0.25) is 0 Å². The molecule has 0 amide bonds. The van der Waals surface area contributed by atoms with Crippen molar-refractivity contribution in [3.05, 3.63) is 37.0 Å². The lowest BCUT2D eigenvalue weighted by Gasteiger charge is -1.91. The first kappa shape index (κ1) is 22.7. The van der Waals surface area contributed by atoms with Crippen LogP contribution >= 0.6 is 0 Å². The van der Waals surface area contributed by atoms with E-state index in [1.807, 2.05) is 0 Å². The molecule has 0 fully saturated rings. The molecule has 114 valence electrons. The summed E-state index contributed by atoms with van der Waals surface area (Å²) >= 11 is 0. The smallest absolute Gasteiger partial charge is 0.332 e. The molecule has 0 atom stereocenters. The van der Waals surface area contributed by atoms with Crippen molar-refractivity contribution < 1.29 is 34.4 Å². The van der Waals surface area contributed by atoms with Crippen LogP contribution in [0.4, 0.5) is 0 Å². The lowest BCUT2D eigenvalue weighted by atomic mass is 10.2. The number of methoxy groups -OCH3 is 1. The first-order chi connectivity index (χ1) is 9.13. The molecule has 0 aliphatic heterocycles. The second kappa shape index (κ2) is 14.7. The largest absolute Gasteiger partial charge is 0.478 e. The maximum Gasteiger partial charge on any atom is 0.332 e. The fourth-order valence-corrected chi connectivity index (χ4v) is 0.416. The Morgan fingerprint density at radius 1 is 1.20 bits per heavy atom. The van der Waals surface area contributed by atoms with Gasteiger partial charge < -0.3 is 20.1 Å². The van der Waals surface area contributed by atoms with Crippen LogP contribution in [0.15, 0.2) is 37.0 Å². The lowest BCUT2D eigenvalue weighted by Crippen LogP contribution is -2.00. The number of hydrogen-bond acceptors (Lipinski definition) is 5. The number of carbonyl (C=O) groups is 3. The number of aliphatic hydroxyl groups excluding tert-OH is 1. The van der Waals surface area contributed by atoms with Crippen LogP contribution in [0, 0.1) is 0 Å². The zero-order valence-corrected chi connectivity index (χ0v) is 11.6. The molecule has 0 aromatic heterocycles. The predicted octanol–water partition coefficient (Wildman–Crippen LogP) is 1.00. The maximum absolute atomic E-state index is 10.2. The third-order valence-corrected chi connectivity index (χ3v) is 1.42. The van der Waals surface area contributed by atoms with E-state index < -0.39 is 11.9 Å². The molecule has 0 aromatic rings. The van der Waals surface area contributed by atoms with Gasteiger partial charge in [-0.05, 0) is 6.92 Å². The van der Waals surface area contributed by atoms with E-state index in [4.69, 9.17) is 15.3 Å². The van der Waals surface area contributed by atoms with Gasteiger partial charge in [0.2, 0.25) is 0 Å². The van der Waals surface area contributed by atoms with Crippen molar-refractivity contribution in [1.82, 2.24) is 0 Å². The summed E-state index contributed by atoms with van der Waals surface area (Å²) in [5.41, 5.74) is 0.481. The zero-order chi connectivity index (χ0) is 16.7. The van der Waals surface area contributed by atoms with Crippen LogP contribution in [-0.2, 0) is 19.1 Å². The molecule has 0 heterocycles. The highest BCUT2D eigenvalue weighted by Crippen LogP contribution is 1.94. The fourth-order valence-electron chi connectivity index (χ4n) is 0.416. The molecule has 0 bridgehead atoms. The Hall–Kier alpha value is -2.41. The maximum atomic E-state index is 10.2. The van der Waals surface area contributed by atoms with Gasteiger partial charge in [-0.15, -0.1) is 0 Å². The van der Waals surface area contributed by atoms with Crippen molar-refractivity contribution in [2.45, 2.75) is 13.3 Å². The van der Waals surface area contributed by atoms with Gasteiger partial charge >= 0.3 is 17.9 Å². The van der Waals surface area contributed by atoms with Gasteiger partial charge in [0.05, 0.1) is 7.11 Å². The summed E-state index contributed by atoms with van der Waals surface area (Å²) in [6.07, 6.45) is 0.981. The average Bonchev–Trinajstić information content (AvgIpc) is 2.39. The van der Waals surface area contributed by atoms with E-state index in [0.29, 0.717) is 5.57 Å². The third-order valence-electron chi connectivity index (χ3n) is 1.42. The minimum Gasteiger partial charge on any atom is -0.478 e. The Labute approximate surface area is 117 Å². The molecule has 0 aliphatic rings. The Morgan fingerprint density at radius 2 is 1.60 bits per heavy atom. The van der Waals surface area contributed by atoms with Crippen molar-refractivity contribution >= 4 is 17.9 Å². The van der Waals surface area contributed by atoms with Gasteiger partial charge in [0.25, 0.3) is 0 Å². The Kier molecular flexibility index (Phi) is 16.7. The van der Waals surface area contributed by atoms with Crippen LogP contribution in [-0.4, -0.2) is 46.9 Å². The molecular weight excluding hydrogens is 268 g/mol. The highest BCUT2D eigenvalue weighted by molar-refractivity contribution is 5.86. The Morgan fingerprint density at radius 3 is 1.65 bits per heavy atom. The topological polar surface area (TPSA) is 121 Å². The minimum absolute atomic E-state index is 0.0486. The number of carboxylic acids is 2. The molecule has 0 saturated heterocycles. The highest BCUT2D eigenvalue weighted by Gasteiger charge is 2.00. The number of aliphatic hydroxyl groups is 1. The van der Waals surface area contributed by atoms with Crippen LogP contribution in [0.5, 0.6) is 0 Å². The monoisotopic (exact) mass is 288 g/mol. The number of hydrogen-bond donors (Lipinski definition) is 3. The van der Waals surface area contributed by atoms with E-state index in [-0.39, 0.29) is 24.6 Å². The van der Waals surface area contributed by atoms with Crippen molar-refractivity contribution in [1.29, 1.82) is 0 Å². The van der Waals surface area contributed by atoms with Crippen LogP contribution in [0.1, 0.15) is 13.3 Å². The first-order valence-electron chi connectivity index (χ1n) is 5.25. The molecule has 0 unspecified atom stereocenters. The molecule has 0 aliphatic carbocycles. The Balaban J connectivity index is -0.000000223. The fraction of sp³-hybridized carbons (Fsp3) is 0.308. The van der Waals surface area contributed by atoms with Crippen molar-refractivity contribution in [3.63, 3.8) is 0 Å². The van der Waals surface area contributed by atoms with Gasteiger partial charge in [0.15, 0.2) is 0 Å². The van der Waals surface area contributed by atoms with E-state index in [2.05, 4.69) is 24.5 Å². The van der Waals surface area contributed by atoms with Crippen LogP contribution in [0.3, 0.4) is 0 Å². The van der Waals surface area contributed by atoms with Gasteiger partial charge in [0, 0.05) is 30.2 Å². The first-order valence-corrected chi connectivity index (χ1v) is 5.25. The summed E-state index contributed by atoms with van der Waals surface area (Å²) in [7, 11) is 1.33. The number of rotatable bonds is 5. The van der Waals surface area contributed by atoms with Gasteiger partial charge in [-0.3, -0.25) is 0 Å². The minimum atomic E-state index is -1.04. The van der Waals surface area contributed by atoms with Gasteiger partial charge in [-0.25, -0.2) is 14.4 Å². The normalized spacial score (nSPS) is 7.75. The van der Waals surface area contributed by atoms with Crippen molar-refractivity contribution in [2.75, 3.05) is 13.7 Å². The third kappa shape index (κ3) is 20.9. The summed E-state index contributed by atoms with van der Waals surface area (Å²) in [4.78, 5) is 29.3. The van der Waals surface area contributed by atoms with E-state index in [1.165, 1.54) is 7.11 Å². The summed E-state index contributed by atoms with van der Waals surface area (Å²) in [6, 6.07) is 0. The second-order valence-corrected chi connectivity index (χ2v) is 3.20. The van der Waals surface area contributed by atoms with Gasteiger partial charge in [-0.2, -0.15) is 0 Å². The number of esters is 1. The molecule has 0 aromatic carbocycles. The summed E-state index contributed by atoms with van der Waals surface area (Å²) < 4.78 is 4.27. The summed E-state index contributed by atoms with van der Waals surface area (Å²) in [6.45, 7) is 11.0. The van der Waals surface area contributed by atoms with E-state index in [9.17, 15) is 14.4 Å². The van der Waals surface area contributed by atoms with Gasteiger partial charge in [0.1, 0.15) is 0 Å². The number of carbonyl (C=O) groups excluding carboxylic acids is 1. The SMILES string of the molecule is C=C(C)C(=O)OC.C=C(CCO)C(=O)O.C=CC(=O)O. The molecule has 7 nitrogen and oxygen atoms in total.